The van der Waals surface area contributed by atoms with E-state index in [-0.39, 0.29) is 31.3 Å². The molecule has 6 heteroatoms. The Kier molecular flexibility index (Phi) is 41.9. The zero-order valence-corrected chi connectivity index (χ0v) is 36.9. The molecule has 3 N–H and O–H groups in total. The Bertz CT molecular complexity index is 1120. The number of hydrogen-bond donors (Lipinski definition) is 3. The Morgan fingerprint density at radius 3 is 1.49 bits per heavy atom. The molecule has 57 heavy (non-hydrogen) atoms. The highest BCUT2D eigenvalue weighted by molar-refractivity contribution is 5.78. The van der Waals surface area contributed by atoms with Crippen molar-refractivity contribution in [2.45, 2.75) is 219 Å². The second kappa shape index (κ2) is 44.1. The number of esters is 1. The summed E-state index contributed by atoms with van der Waals surface area (Å²) in [7, 11) is 0. The number of carbonyl (C=O) groups excluding carboxylic acids is 2. The van der Waals surface area contributed by atoms with Crippen molar-refractivity contribution in [3.8, 4) is 0 Å². The maximum atomic E-state index is 13.1. The lowest BCUT2D eigenvalue weighted by atomic mass is 10.0. The third-order valence-electron chi connectivity index (χ3n) is 9.97. The molecule has 3 atom stereocenters. The third kappa shape index (κ3) is 39.6. The first kappa shape index (κ1) is 54.0. The Morgan fingerprint density at radius 1 is 0.544 bits per heavy atom. The largest absolute Gasteiger partial charge is 0.458 e. The summed E-state index contributed by atoms with van der Waals surface area (Å²) < 4.78 is 5.76. The molecule has 0 spiro atoms. The predicted molar refractivity (Wildman–Crippen MR) is 245 cm³/mol. The summed E-state index contributed by atoms with van der Waals surface area (Å²) in [5.41, 5.74) is 0. The summed E-state index contributed by atoms with van der Waals surface area (Å²) in [6, 6.07) is -0.749. The molecule has 0 aliphatic carbocycles. The molecule has 0 aromatic heterocycles. The molecule has 6 nitrogen and oxygen atoms in total. The molecular formula is C51H87NO5. The van der Waals surface area contributed by atoms with Gasteiger partial charge in [-0.05, 0) is 70.3 Å². The standard InChI is InChI=1S/C51H87NO5/c1-4-7-10-13-16-19-22-23-24-25-26-29-32-35-38-41-44-51(56)57-47(42-39-36-33-30-27-20-17-14-11-8-5-2)45-50(55)52-48(46-53)49(54)43-40-37-34-31-28-21-18-15-12-9-6-3/h7,10,16,19,23-24,26,29-30,33,35,38-39,42,47-49,53-54H,4-6,8-9,11-15,17-18,20-22,25,27-28,31-32,34,36-37,40-41,43-46H2,1-3H3,(H,52,55)/b10-7+,19-16+,24-23+,29-26+,33-30-,38-35+,42-39+. The number of carbonyl (C=O) groups is 2. The second-order valence-electron chi connectivity index (χ2n) is 15.4. The van der Waals surface area contributed by atoms with Gasteiger partial charge in [-0.3, -0.25) is 9.59 Å². The van der Waals surface area contributed by atoms with Gasteiger partial charge in [0.2, 0.25) is 5.91 Å². The van der Waals surface area contributed by atoms with Crippen LogP contribution in [0, 0.1) is 0 Å². The van der Waals surface area contributed by atoms with Crippen LogP contribution in [0.3, 0.4) is 0 Å². The van der Waals surface area contributed by atoms with Crippen LogP contribution in [0.4, 0.5) is 0 Å². The third-order valence-corrected chi connectivity index (χ3v) is 9.97. The van der Waals surface area contributed by atoms with Gasteiger partial charge >= 0.3 is 5.97 Å². The minimum Gasteiger partial charge on any atom is -0.458 e. The predicted octanol–water partition coefficient (Wildman–Crippen LogP) is 13.6. The fourth-order valence-electron chi connectivity index (χ4n) is 6.44. The number of hydrogen-bond acceptors (Lipinski definition) is 5. The topological polar surface area (TPSA) is 95.9 Å². The first-order chi connectivity index (χ1) is 28.0. The molecule has 326 valence electrons. The monoisotopic (exact) mass is 794 g/mol. The van der Waals surface area contributed by atoms with Crippen molar-refractivity contribution in [2.75, 3.05) is 6.61 Å². The molecule has 0 fully saturated rings. The summed E-state index contributed by atoms with van der Waals surface area (Å²) in [6.45, 7) is 6.28. The molecule has 0 radical (unpaired) electrons. The quantitative estimate of drug-likeness (QED) is 0.0326. The first-order valence-electron chi connectivity index (χ1n) is 23.3. The van der Waals surface area contributed by atoms with Gasteiger partial charge in [0.05, 0.1) is 25.2 Å². The average molecular weight is 794 g/mol. The van der Waals surface area contributed by atoms with Crippen molar-refractivity contribution < 1.29 is 24.5 Å². The Labute approximate surface area is 351 Å². The van der Waals surface area contributed by atoms with Crippen LogP contribution in [0.5, 0.6) is 0 Å². The molecule has 0 aromatic carbocycles. The Morgan fingerprint density at radius 2 is 0.982 bits per heavy atom. The van der Waals surface area contributed by atoms with E-state index < -0.39 is 18.2 Å². The number of aliphatic hydroxyl groups excluding tert-OH is 2. The van der Waals surface area contributed by atoms with Gasteiger partial charge in [-0.15, -0.1) is 0 Å². The van der Waals surface area contributed by atoms with Gasteiger partial charge in [0.15, 0.2) is 0 Å². The van der Waals surface area contributed by atoms with Gasteiger partial charge in [-0.2, -0.15) is 0 Å². The van der Waals surface area contributed by atoms with Gasteiger partial charge < -0.3 is 20.3 Å². The Balaban J connectivity index is 4.79. The molecular weight excluding hydrogens is 707 g/mol. The lowest BCUT2D eigenvalue weighted by Crippen LogP contribution is -2.46. The van der Waals surface area contributed by atoms with Crippen LogP contribution >= 0.6 is 0 Å². The van der Waals surface area contributed by atoms with E-state index in [2.05, 4.69) is 92.9 Å². The van der Waals surface area contributed by atoms with Crippen molar-refractivity contribution in [2.24, 2.45) is 0 Å². The fourth-order valence-corrected chi connectivity index (χ4v) is 6.44. The van der Waals surface area contributed by atoms with E-state index in [1.807, 2.05) is 12.2 Å². The molecule has 0 rings (SSSR count). The lowest BCUT2D eigenvalue weighted by Gasteiger charge is -2.23. The van der Waals surface area contributed by atoms with Gasteiger partial charge in [0.25, 0.3) is 0 Å². The van der Waals surface area contributed by atoms with Crippen LogP contribution < -0.4 is 5.32 Å². The number of unbranched alkanes of at least 4 members (excludes halogenated alkanes) is 16. The van der Waals surface area contributed by atoms with Crippen molar-refractivity contribution in [1.82, 2.24) is 5.32 Å². The van der Waals surface area contributed by atoms with E-state index in [1.54, 1.807) is 6.08 Å². The smallest absolute Gasteiger partial charge is 0.306 e. The molecule has 1 amide bonds. The second-order valence-corrected chi connectivity index (χ2v) is 15.4. The fraction of sp³-hybridized carbons (Fsp3) is 0.686. The molecule has 0 aliphatic rings. The Hall–Kier alpha value is -2.96. The van der Waals surface area contributed by atoms with Crippen molar-refractivity contribution >= 4 is 11.9 Å². The first-order valence-corrected chi connectivity index (χ1v) is 23.3. The maximum absolute atomic E-state index is 13.1. The normalized spacial score (nSPS) is 14.1. The van der Waals surface area contributed by atoms with Crippen LogP contribution in [0.1, 0.15) is 201 Å². The molecule has 0 saturated heterocycles. The van der Waals surface area contributed by atoms with Gasteiger partial charge in [0, 0.05) is 6.42 Å². The number of allylic oxidation sites excluding steroid dienone is 13. The maximum Gasteiger partial charge on any atom is 0.306 e. The van der Waals surface area contributed by atoms with E-state index in [1.165, 1.54) is 89.9 Å². The zero-order valence-electron chi connectivity index (χ0n) is 36.9. The number of aliphatic hydroxyl groups is 2. The number of ether oxygens (including phenoxy) is 1. The van der Waals surface area contributed by atoms with E-state index in [0.29, 0.717) is 19.3 Å². The van der Waals surface area contributed by atoms with E-state index in [0.717, 1.165) is 57.8 Å². The van der Waals surface area contributed by atoms with Crippen molar-refractivity contribution in [3.05, 3.63) is 85.1 Å². The lowest BCUT2D eigenvalue weighted by molar-refractivity contribution is -0.148. The van der Waals surface area contributed by atoms with E-state index in [4.69, 9.17) is 4.74 Å². The van der Waals surface area contributed by atoms with E-state index >= 15 is 0 Å². The molecule has 0 heterocycles. The van der Waals surface area contributed by atoms with Crippen LogP contribution in [-0.4, -0.2) is 46.9 Å². The number of rotatable bonds is 40. The van der Waals surface area contributed by atoms with Crippen LogP contribution in [0.15, 0.2) is 85.1 Å². The minimum atomic E-state index is -0.825. The van der Waals surface area contributed by atoms with Crippen molar-refractivity contribution in [3.63, 3.8) is 0 Å². The summed E-state index contributed by atoms with van der Waals surface area (Å²) in [4.78, 5) is 25.9. The molecule has 0 bridgehead atoms. The van der Waals surface area contributed by atoms with Crippen molar-refractivity contribution in [1.29, 1.82) is 0 Å². The number of amides is 1. The van der Waals surface area contributed by atoms with Gasteiger partial charge in [-0.25, -0.2) is 0 Å². The summed E-state index contributed by atoms with van der Waals surface area (Å²) in [6.07, 6.45) is 56.8. The summed E-state index contributed by atoms with van der Waals surface area (Å²) >= 11 is 0. The average Bonchev–Trinajstić information content (AvgIpc) is 3.20. The highest BCUT2D eigenvalue weighted by Gasteiger charge is 2.23. The number of nitrogens with one attached hydrogen (secondary N) is 1. The summed E-state index contributed by atoms with van der Waals surface area (Å²) in [5.74, 6) is -0.710. The summed E-state index contributed by atoms with van der Waals surface area (Å²) in [5, 5.41) is 23.6. The minimum absolute atomic E-state index is 0.0625. The highest BCUT2D eigenvalue weighted by atomic mass is 16.5. The zero-order chi connectivity index (χ0) is 41.7. The molecule has 0 saturated carbocycles. The SMILES string of the molecule is CC/C=C/C/C=C/C/C=C/C/C=C/C/C=C/CCC(=O)OC(/C=C/C/C=C\CCCCCCCC)CC(=O)NC(CO)C(O)CCCCCCCCCCCCC. The van der Waals surface area contributed by atoms with Crippen LogP contribution in [-0.2, 0) is 14.3 Å². The molecule has 0 aromatic rings. The van der Waals surface area contributed by atoms with Crippen LogP contribution in [0.25, 0.3) is 0 Å². The van der Waals surface area contributed by atoms with Gasteiger partial charge in [-0.1, -0.05) is 202 Å². The highest BCUT2D eigenvalue weighted by Crippen LogP contribution is 2.14. The van der Waals surface area contributed by atoms with Gasteiger partial charge in [0.1, 0.15) is 6.10 Å². The molecule has 0 aliphatic heterocycles. The van der Waals surface area contributed by atoms with E-state index in [9.17, 15) is 19.8 Å². The molecule has 3 unspecified atom stereocenters. The van der Waals surface area contributed by atoms with Crippen LogP contribution in [0.2, 0.25) is 0 Å².